The third kappa shape index (κ3) is 3.76. The molecule has 1 heterocycles. The normalized spacial score (nSPS) is 20.8. The summed E-state index contributed by atoms with van der Waals surface area (Å²) in [6, 6.07) is 1.63. The molecule has 0 spiro atoms. The summed E-state index contributed by atoms with van der Waals surface area (Å²) in [5.41, 5.74) is 0.642. The van der Waals surface area contributed by atoms with Crippen molar-refractivity contribution in [1.29, 1.82) is 0 Å². The summed E-state index contributed by atoms with van der Waals surface area (Å²) in [6.45, 7) is 0. The highest BCUT2D eigenvalue weighted by Crippen LogP contribution is 2.23. The van der Waals surface area contributed by atoms with Crippen molar-refractivity contribution in [3.05, 3.63) is 40.0 Å². The molecule has 2 atom stereocenters. The number of nitrogens with one attached hydrogen (secondary N) is 2. The lowest BCUT2D eigenvalue weighted by Gasteiger charge is -2.23. The van der Waals surface area contributed by atoms with Crippen molar-refractivity contribution < 1.29 is 24.0 Å². The first-order chi connectivity index (χ1) is 10.9. The number of hydrogen-bond acceptors (Lipinski definition) is 6. The Hall–Kier alpha value is -3.10. The Morgan fingerprint density at radius 1 is 1.17 bits per heavy atom. The Balaban J connectivity index is 2.28. The molecule has 1 aromatic rings. The van der Waals surface area contributed by atoms with E-state index in [1.165, 1.54) is 20.3 Å². The van der Waals surface area contributed by atoms with E-state index in [0.717, 1.165) is 0 Å². The van der Waals surface area contributed by atoms with E-state index in [4.69, 9.17) is 9.47 Å². The highest BCUT2D eigenvalue weighted by atomic mass is 16.6. The molecule has 3 amide bonds. The lowest BCUT2D eigenvalue weighted by atomic mass is 10.0. The molecule has 0 bridgehead atoms. The molecule has 1 aromatic carbocycles. The number of urea groups is 1. The van der Waals surface area contributed by atoms with Gasteiger partial charge in [-0.25, -0.2) is 4.79 Å². The Bertz CT molecular complexity index is 650. The van der Waals surface area contributed by atoms with Gasteiger partial charge >= 0.3 is 18.0 Å². The van der Waals surface area contributed by atoms with Crippen LogP contribution in [-0.2, 0) is 4.79 Å². The SMILES string of the molecule is COc1cc(/C=C/C2NC(=O)NC(=O)C2[N+](=O)[O-])cc(OC)c1. The fourth-order valence-electron chi connectivity index (χ4n) is 2.14. The van der Waals surface area contributed by atoms with E-state index in [0.29, 0.717) is 17.1 Å². The van der Waals surface area contributed by atoms with Gasteiger partial charge in [0.25, 0.3) is 0 Å². The molecule has 1 saturated heterocycles. The first kappa shape index (κ1) is 16.3. The summed E-state index contributed by atoms with van der Waals surface area (Å²) in [4.78, 5) is 33.2. The third-order valence-corrected chi connectivity index (χ3v) is 3.24. The van der Waals surface area contributed by atoms with Crippen LogP contribution in [0.2, 0.25) is 0 Å². The molecule has 23 heavy (non-hydrogen) atoms. The average molecular weight is 321 g/mol. The third-order valence-electron chi connectivity index (χ3n) is 3.24. The number of carbonyl (C=O) groups is 2. The van der Waals surface area contributed by atoms with E-state index in [1.807, 2.05) is 5.32 Å². The van der Waals surface area contributed by atoms with Crippen LogP contribution in [0.3, 0.4) is 0 Å². The molecule has 122 valence electrons. The fraction of sp³-hybridized carbons (Fsp3) is 0.286. The molecule has 2 rings (SSSR count). The number of ether oxygens (including phenoxy) is 2. The van der Waals surface area contributed by atoms with Crippen molar-refractivity contribution in [2.24, 2.45) is 0 Å². The highest BCUT2D eigenvalue weighted by Gasteiger charge is 2.43. The zero-order valence-corrected chi connectivity index (χ0v) is 12.4. The Morgan fingerprint density at radius 3 is 2.30 bits per heavy atom. The van der Waals surface area contributed by atoms with E-state index >= 15 is 0 Å². The molecule has 2 N–H and O–H groups in total. The van der Waals surface area contributed by atoms with Gasteiger partial charge in [-0.15, -0.1) is 0 Å². The van der Waals surface area contributed by atoms with Crippen LogP contribution in [0.25, 0.3) is 6.08 Å². The Labute approximate surface area is 131 Å². The Morgan fingerprint density at radius 2 is 1.78 bits per heavy atom. The van der Waals surface area contributed by atoms with Crippen LogP contribution < -0.4 is 20.1 Å². The maximum atomic E-state index is 11.6. The molecule has 1 aliphatic rings. The van der Waals surface area contributed by atoms with E-state index < -0.39 is 28.9 Å². The number of benzene rings is 1. The van der Waals surface area contributed by atoms with Gasteiger partial charge in [0.2, 0.25) is 0 Å². The zero-order chi connectivity index (χ0) is 17.0. The molecule has 0 saturated carbocycles. The lowest BCUT2D eigenvalue weighted by molar-refractivity contribution is -0.510. The van der Waals surface area contributed by atoms with Crippen LogP contribution in [0.4, 0.5) is 4.79 Å². The molecular formula is C14H15N3O6. The van der Waals surface area contributed by atoms with Crippen molar-refractivity contribution in [2.45, 2.75) is 12.1 Å². The van der Waals surface area contributed by atoms with Gasteiger partial charge in [-0.1, -0.05) is 12.2 Å². The van der Waals surface area contributed by atoms with E-state index in [-0.39, 0.29) is 0 Å². The van der Waals surface area contributed by atoms with Gasteiger partial charge in [0, 0.05) is 11.0 Å². The second-order valence-electron chi connectivity index (χ2n) is 4.72. The predicted molar refractivity (Wildman–Crippen MR) is 79.8 cm³/mol. The second-order valence-corrected chi connectivity index (χ2v) is 4.72. The van der Waals surface area contributed by atoms with Crippen molar-refractivity contribution in [3.8, 4) is 11.5 Å². The van der Waals surface area contributed by atoms with Gasteiger partial charge in [-0.2, -0.15) is 0 Å². The minimum absolute atomic E-state index is 0.542. The summed E-state index contributed by atoms with van der Waals surface area (Å²) in [6.07, 6.45) is 2.93. The number of methoxy groups -OCH3 is 2. The average Bonchev–Trinajstić information content (AvgIpc) is 2.51. The molecule has 0 aromatic heterocycles. The predicted octanol–water partition coefficient (Wildman–Crippen LogP) is 0.570. The largest absolute Gasteiger partial charge is 0.497 e. The number of imide groups is 1. The molecule has 1 aliphatic heterocycles. The van der Waals surface area contributed by atoms with Gasteiger partial charge in [-0.3, -0.25) is 20.2 Å². The molecule has 9 heteroatoms. The van der Waals surface area contributed by atoms with Crippen LogP contribution >= 0.6 is 0 Å². The van der Waals surface area contributed by atoms with E-state index in [1.54, 1.807) is 24.3 Å². The number of amides is 3. The van der Waals surface area contributed by atoms with Crippen molar-refractivity contribution >= 4 is 18.0 Å². The molecule has 9 nitrogen and oxygen atoms in total. The minimum atomic E-state index is -1.59. The van der Waals surface area contributed by atoms with Gasteiger partial charge < -0.3 is 14.8 Å². The monoisotopic (exact) mass is 321 g/mol. The van der Waals surface area contributed by atoms with Gasteiger partial charge in [0.15, 0.2) is 0 Å². The number of carbonyl (C=O) groups excluding carboxylic acids is 2. The van der Waals surface area contributed by atoms with E-state index in [2.05, 4.69) is 5.32 Å². The van der Waals surface area contributed by atoms with Crippen LogP contribution in [0.15, 0.2) is 24.3 Å². The Kier molecular flexibility index (Phi) is 4.79. The van der Waals surface area contributed by atoms with E-state index in [9.17, 15) is 19.7 Å². The van der Waals surface area contributed by atoms with Gasteiger partial charge in [-0.05, 0) is 17.7 Å². The highest BCUT2D eigenvalue weighted by molar-refractivity contribution is 6.00. The van der Waals surface area contributed by atoms with Crippen LogP contribution in [0.5, 0.6) is 11.5 Å². The summed E-state index contributed by atoms with van der Waals surface area (Å²) < 4.78 is 10.3. The maximum absolute atomic E-state index is 11.6. The van der Waals surface area contributed by atoms with Crippen LogP contribution in [-0.4, -0.2) is 43.2 Å². The zero-order valence-electron chi connectivity index (χ0n) is 12.4. The van der Waals surface area contributed by atoms with Crippen molar-refractivity contribution in [3.63, 3.8) is 0 Å². The minimum Gasteiger partial charge on any atom is -0.497 e. The first-order valence-corrected chi connectivity index (χ1v) is 6.60. The summed E-state index contributed by atoms with van der Waals surface area (Å²) in [5.74, 6) is 0.136. The molecule has 1 fully saturated rings. The molecular weight excluding hydrogens is 306 g/mol. The number of nitrogens with zero attached hydrogens (tertiary/aromatic N) is 1. The molecule has 2 unspecified atom stereocenters. The number of nitro groups is 1. The summed E-state index contributed by atoms with van der Waals surface area (Å²) >= 11 is 0. The first-order valence-electron chi connectivity index (χ1n) is 6.60. The summed E-state index contributed by atoms with van der Waals surface area (Å²) in [7, 11) is 2.99. The quantitative estimate of drug-likeness (QED) is 0.604. The maximum Gasteiger partial charge on any atom is 0.322 e. The number of rotatable bonds is 5. The smallest absolute Gasteiger partial charge is 0.322 e. The number of hydrogen-bond donors (Lipinski definition) is 2. The second kappa shape index (κ2) is 6.77. The molecule has 0 aliphatic carbocycles. The topological polar surface area (TPSA) is 120 Å². The van der Waals surface area contributed by atoms with Gasteiger partial charge in [0.1, 0.15) is 17.5 Å². The molecule has 0 radical (unpaired) electrons. The standard InChI is InChI=1S/C14H15N3O6/c1-22-9-5-8(6-10(7-9)23-2)3-4-11-12(17(20)21)13(18)16-14(19)15-11/h3-7,11-12H,1-2H3,(H2,15,16,18,19)/b4-3+. The summed E-state index contributed by atoms with van der Waals surface area (Å²) in [5, 5.41) is 15.2. The fourth-order valence-corrected chi connectivity index (χ4v) is 2.14. The van der Waals surface area contributed by atoms with Crippen LogP contribution in [0.1, 0.15) is 5.56 Å². The van der Waals surface area contributed by atoms with Gasteiger partial charge in [0.05, 0.1) is 14.2 Å². The van der Waals surface area contributed by atoms with Crippen molar-refractivity contribution in [1.82, 2.24) is 10.6 Å². The lowest BCUT2D eigenvalue weighted by Crippen LogP contribution is -2.62. The van der Waals surface area contributed by atoms with Crippen LogP contribution in [0, 0.1) is 10.1 Å². The van der Waals surface area contributed by atoms with Crippen molar-refractivity contribution in [2.75, 3.05) is 14.2 Å².